The molecule has 0 aliphatic rings. The summed E-state index contributed by atoms with van der Waals surface area (Å²) in [6.07, 6.45) is 3.50. The van der Waals surface area contributed by atoms with Crippen LogP contribution >= 0.6 is 0 Å². The summed E-state index contributed by atoms with van der Waals surface area (Å²) in [5.41, 5.74) is 6.10. The number of aromatic nitrogens is 2. The predicted octanol–water partition coefficient (Wildman–Crippen LogP) is 1.10. The fourth-order valence-electron chi connectivity index (χ4n) is 1.87. The summed E-state index contributed by atoms with van der Waals surface area (Å²) in [6.45, 7) is 2.91. The first-order valence-electron chi connectivity index (χ1n) is 5.71. The largest absolute Gasteiger partial charge is 0.379 e. The molecule has 1 atom stereocenters. The molecule has 0 fully saturated rings. The fourth-order valence-corrected chi connectivity index (χ4v) is 1.87. The van der Waals surface area contributed by atoms with Gasteiger partial charge in [0, 0.05) is 24.8 Å². The Kier molecular flexibility index (Phi) is 3.26. The first-order chi connectivity index (χ1) is 8.20. The highest BCUT2D eigenvalue weighted by atomic mass is 16.3. The number of rotatable bonds is 4. The van der Waals surface area contributed by atoms with Crippen molar-refractivity contribution in [2.45, 2.75) is 19.1 Å². The minimum absolute atomic E-state index is 0.131. The molecule has 2 aromatic rings. The van der Waals surface area contributed by atoms with Gasteiger partial charge < -0.3 is 10.8 Å². The van der Waals surface area contributed by atoms with Gasteiger partial charge in [-0.15, -0.1) is 0 Å². The first kappa shape index (κ1) is 11.8. The lowest BCUT2D eigenvalue weighted by molar-refractivity contribution is 0.0901. The Balaban J connectivity index is 2.44. The molecule has 17 heavy (non-hydrogen) atoms. The molecule has 0 amide bonds. The zero-order chi connectivity index (χ0) is 12.3. The third-order valence-corrected chi connectivity index (χ3v) is 2.98. The van der Waals surface area contributed by atoms with E-state index in [0.717, 1.165) is 17.7 Å². The standard InChI is InChI=1S/C13H17N3O/c1-2-16-9-12(8-15-16)13(17,10-14)11-6-4-3-5-7-11/h3-9,17H,2,10,14H2,1H3. The maximum Gasteiger partial charge on any atom is 0.130 e. The van der Waals surface area contributed by atoms with E-state index in [1.54, 1.807) is 10.9 Å². The zero-order valence-corrected chi connectivity index (χ0v) is 9.87. The summed E-state index contributed by atoms with van der Waals surface area (Å²) in [7, 11) is 0. The average Bonchev–Trinajstić information content (AvgIpc) is 2.88. The van der Waals surface area contributed by atoms with Crippen molar-refractivity contribution in [3.8, 4) is 0 Å². The summed E-state index contributed by atoms with van der Waals surface area (Å²) < 4.78 is 1.78. The molecule has 3 N–H and O–H groups in total. The molecule has 1 heterocycles. The number of aryl methyl sites for hydroxylation is 1. The molecular formula is C13H17N3O. The topological polar surface area (TPSA) is 64.1 Å². The molecule has 0 aliphatic heterocycles. The van der Waals surface area contributed by atoms with Gasteiger partial charge in [0.15, 0.2) is 0 Å². The van der Waals surface area contributed by atoms with Crippen LogP contribution in [0.25, 0.3) is 0 Å². The van der Waals surface area contributed by atoms with E-state index in [4.69, 9.17) is 5.73 Å². The van der Waals surface area contributed by atoms with Crippen molar-refractivity contribution in [2.24, 2.45) is 5.73 Å². The normalized spacial score (nSPS) is 14.5. The molecule has 0 radical (unpaired) electrons. The van der Waals surface area contributed by atoms with Gasteiger partial charge >= 0.3 is 0 Å². The van der Waals surface area contributed by atoms with E-state index in [9.17, 15) is 5.11 Å². The molecule has 0 bridgehead atoms. The average molecular weight is 231 g/mol. The molecule has 1 unspecified atom stereocenters. The van der Waals surface area contributed by atoms with Crippen molar-refractivity contribution in [3.05, 3.63) is 53.9 Å². The number of benzene rings is 1. The van der Waals surface area contributed by atoms with Crippen LogP contribution in [0.2, 0.25) is 0 Å². The van der Waals surface area contributed by atoms with Crippen molar-refractivity contribution < 1.29 is 5.11 Å². The van der Waals surface area contributed by atoms with Crippen LogP contribution in [0.5, 0.6) is 0 Å². The summed E-state index contributed by atoms with van der Waals surface area (Å²) in [5, 5.41) is 14.9. The maximum atomic E-state index is 10.7. The van der Waals surface area contributed by atoms with Gasteiger partial charge in [-0.05, 0) is 12.5 Å². The van der Waals surface area contributed by atoms with Crippen LogP contribution in [0.3, 0.4) is 0 Å². The van der Waals surface area contributed by atoms with E-state index in [1.165, 1.54) is 0 Å². The van der Waals surface area contributed by atoms with E-state index in [1.807, 2.05) is 43.5 Å². The number of aliphatic hydroxyl groups is 1. The van der Waals surface area contributed by atoms with Gasteiger partial charge in [-0.25, -0.2) is 0 Å². The molecular weight excluding hydrogens is 214 g/mol. The highest BCUT2D eigenvalue weighted by Crippen LogP contribution is 2.27. The Morgan fingerprint density at radius 2 is 2.00 bits per heavy atom. The van der Waals surface area contributed by atoms with Crippen LogP contribution in [-0.2, 0) is 12.1 Å². The first-order valence-corrected chi connectivity index (χ1v) is 5.71. The number of hydrogen-bond acceptors (Lipinski definition) is 3. The third kappa shape index (κ3) is 2.09. The lowest BCUT2D eigenvalue weighted by atomic mass is 9.88. The Morgan fingerprint density at radius 3 is 2.53 bits per heavy atom. The molecule has 4 nitrogen and oxygen atoms in total. The monoisotopic (exact) mass is 231 g/mol. The van der Waals surface area contributed by atoms with Crippen LogP contribution in [-0.4, -0.2) is 21.4 Å². The summed E-state index contributed by atoms with van der Waals surface area (Å²) in [5.74, 6) is 0. The van der Waals surface area contributed by atoms with Crippen LogP contribution in [0.4, 0.5) is 0 Å². The minimum Gasteiger partial charge on any atom is -0.379 e. The Hall–Kier alpha value is -1.65. The van der Waals surface area contributed by atoms with Crippen molar-refractivity contribution in [2.75, 3.05) is 6.54 Å². The van der Waals surface area contributed by atoms with E-state index in [2.05, 4.69) is 5.10 Å². The van der Waals surface area contributed by atoms with Gasteiger partial charge in [0.05, 0.1) is 6.20 Å². The van der Waals surface area contributed by atoms with E-state index < -0.39 is 5.60 Å². The molecule has 0 saturated heterocycles. The van der Waals surface area contributed by atoms with Gasteiger partial charge in [-0.1, -0.05) is 30.3 Å². The summed E-state index contributed by atoms with van der Waals surface area (Å²) in [6, 6.07) is 9.43. The van der Waals surface area contributed by atoms with Crippen LogP contribution in [0.15, 0.2) is 42.7 Å². The van der Waals surface area contributed by atoms with Crippen LogP contribution in [0, 0.1) is 0 Å². The second kappa shape index (κ2) is 4.69. The molecule has 0 aliphatic carbocycles. The Labute approximate surface area is 101 Å². The van der Waals surface area contributed by atoms with Crippen molar-refractivity contribution >= 4 is 0 Å². The van der Waals surface area contributed by atoms with Gasteiger partial charge in [0.1, 0.15) is 5.60 Å². The van der Waals surface area contributed by atoms with Crippen LogP contribution < -0.4 is 5.73 Å². The second-order valence-corrected chi connectivity index (χ2v) is 4.02. The quantitative estimate of drug-likeness (QED) is 0.828. The molecule has 90 valence electrons. The van der Waals surface area contributed by atoms with E-state index >= 15 is 0 Å². The zero-order valence-electron chi connectivity index (χ0n) is 9.87. The summed E-state index contributed by atoms with van der Waals surface area (Å²) in [4.78, 5) is 0. The maximum absolute atomic E-state index is 10.7. The fraction of sp³-hybridized carbons (Fsp3) is 0.308. The van der Waals surface area contributed by atoms with Gasteiger partial charge in [-0.2, -0.15) is 5.10 Å². The van der Waals surface area contributed by atoms with Crippen molar-refractivity contribution in [1.29, 1.82) is 0 Å². The molecule has 2 rings (SSSR count). The number of hydrogen-bond donors (Lipinski definition) is 2. The van der Waals surface area contributed by atoms with Gasteiger partial charge in [0.25, 0.3) is 0 Å². The van der Waals surface area contributed by atoms with E-state index in [0.29, 0.717) is 0 Å². The molecule has 1 aromatic heterocycles. The molecule has 0 spiro atoms. The number of nitrogens with zero attached hydrogens (tertiary/aromatic N) is 2. The van der Waals surface area contributed by atoms with E-state index in [-0.39, 0.29) is 6.54 Å². The Morgan fingerprint density at radius 1 is 1.29 bits per heavy atom. The van der Waals surface area contributed by atoms with Crippen LogP contribution in [0.1, 0.15) is 18.1 Å². The van der Waals surface area contributed by atoms with Gasteiger partial charge in [0.2, 0.25) is 0 Å². The third-order valence-electron chi connectivity index (χ3n) is 2.98. The molecule has 1 aromatic carbocycles. The Bertz CT molecular complexity index is 480. The lowest BCUT2D eigenvalue weighted by Crippen LogP contribution is -2.35. The lowest BCUT2D eigenvalue weighted by Gasteiger charge is -2.25. The van der Waals surface area contributed by atoms with Crippen molar-refractivity contribution in [1.82, 2.24) is 9.78 Å². The summed E-state index contributed by atoms with van der Waals surface area (Å²) >= 11 is 0. The van der Waals surface area contributed by atoms with Crippen molar-refractivity contribution in [3.63, 3.8) is 0 Å². The second-order valence-electron chi connectivity index (χ2n) is 4.02. The highest BCUT2D eigenvalue weighted by molar-refractivity contribution is 5.34. The highest BCUT2D eigenvalue weighted by Gasteiger charge is 2.31. The SMILES string of the molecule is CCn1cc(C(O)(CN)c2ccccc2)cn1. The minimum atomic E-state index is -1.16. The molecule has 0 saturated carbocycles. The number of nitrogens with two attached hydrogens (primary N) is 1. The predicted molar refractivity (Wildman–Crippen MR) is 66.4 cm³/mol. The van der Waals surface area contributed by atoms with Gasteiger partial charge in [-0.3, -0.25) is 4.68 Å². The molecule has 4 heteroatoms. The smallest absolute Gasteiger partial charge is 0.130 e.